The lowest BCUT2D eigenvalue weighted by Gasteiger charge is -2.43. The lowest BCUT2D eigenvalue weighted by molar-refractivity contribution is -0.148. The Morgan fingerprint density at radius 3 is 2.59 bits per heavy atom. The third-order valence-electron chi connectivity index (χ3n) is 6.22. The molecule has 2 nitrogen and oxygen atoms in total. The van der Waals surface area contributed by atoms with Gasteiger partial charge >= 0.3 is 5.97 Å². The number of carbonyl (C=O) groups is 1. The van der Waals surface area contributed by atoms with Gasteiger partial charge in [-0.1, -0.05) is 20.3 Å². The Hall–Kier alpha value is -0.530. The number of rotatable bonds is 1. The summed E-state index contributed by atoms with van der Waals surface area (Å²) in [6, 6.07) is 0. The molecule has 3 rings (SSSR count). The van der Waals surface area contributed by atoms with Crippen molar-refractivity contribution in [1.82, 2.24) is 0 Å². The van der Waals surface area contributed by atoms with Crippen molar-refractivity contribution in [2.75, 3.05) is 7.11 Å². The Balaban J connectivity index is 1.85. The Morgan fingerprint density at radius 2 is 1.88 bits per heavy atom. The predicted octanol–water partition coefficient (Wildman–Crippen LogP) is 3.40. The van der Waals surface area contributed by atoms with Crippen LogP contribution in [0.4, 0.5) is 0 Å². The van der Waals surface area contributed by atoms with Crippen molar-refractivity contribution in [2.24, 2.45) is 28.6 Å². The van der Waals surface area contributed by atoms with Crippen LogP contribution in [-0.4, -0.2) is 13.1 Å². The van der Waals surface area contributed by atoms with Crippen molar-refractivity contribution in [3.63, 3.8) is 0 Å². The molecule has 2 heteroatoms. The highest BCUT2D eigenvalue weighted by Gasteiger charge is 2.72. The summed E-state index contributed by atoms with van der Waals surface area (Å²) in [6.45, 7) is 4.86. The molecule has 17 heavy (non-hydrogen) atoms. The Bertz CT molecular complexity index is 341. The Kier molecular flexibility index (Phi) is 2.37. The van der Waals surface area contributed by atoms with Crippen LogP contribution in [0.1, 0.15) is 52.4 Å². The van der Waals surface area contributed by atoms with Crippen LogP contribution in [-0.2, 0) is 9.53 Å². The van der Waals surface area contributed by atoms with Gasteiger partial charge in [0.25, 0.3) is 0 Å². The van der Waals surface area contributed by atoms with Gasteiger partial charge < -0.3 is 4.74 Å². The Morgan fingerprint density at radius 1 is 1.18 bits per heavy atom. The number of fused-ring (bicyclic) bond motifs is 1. The minimum Gasteiger partial charge on any atom is -0.469 e. The molecular formula is C15H24O2. The van der Waals surface area contributed by atoms with Crippen molar-refractivity contribution in [3.05, 3.63) is 0 Å². The summed E-state index contributed by atoms with van der Waals surface area (Å²) < 4.78 is 4.96. The predicted molar refractivity (Wildman–Crippen MR) is 66.4 cm³/mol. The smallest absolute Gasteiger partial charge is 0.308 e. The van der Waals surface area contributed by atoms with Gasteiger partial charge in [0.15, 0.2) is 0 Å². The van der Waals surface area contributed by atoms with Crippen molar-refractivity contribution in [2.45, 2.75) is 52.4 Å². The Labute approximate surface area is 104 Å². The van der Waals surface area contributed by atoms with Gasteiger partial charge in [-0.2, -0.15) is 0 Å². The van der Waals surface area contributed by atoms with Gasteiger partial charge in [-0.3, -0.25) is 4.79 Å². The van der Waals surface area contributed by atoms with Gasteiger partial charge in [-0.25, -0.2) is 0 Å². The molecule has 0 aromatic carbocycles. The maximum atomic E-state index is 11.8. The topological polar surface area (TPSA) is 26.3 Å². The zero-order valence-corrected chi connectivity index (χ0v) is 11.3. The average molecular weight is 236 g/mol. The van der Waals surface area contributed by atoms with Gasteiger partial charge in [-0.15, -0.1) is 0 Å². The van der Waals surface area contributed by atoms with Crippen molar-refractivity contribution >= 4 is 5.97 Å². The lowest BCUT2D eigenvalue weighted by atomic mass is 9.61. The number of ether oxygens (including phenoxy) is 1. The SMILES string of the molecule is COC(=O)C1CCC2C3CCCC(C)(C)C32C1. The fraction of sp³-hybridized carbons (Fsp3) is 0.933. The van der Waals surface area contributed by atoms with Gasteiger partial charge in [0.1, 0.15) is 0 Å². The van der Waals surface area contributed by atoms with Crippen LogP contribution in [0.5, 0.6) is 0 Å². The van der Waals surface area contributed by atoms with E-state index in [-0.39, 0.29) is 11.9 Å². The summed E-state index contributed by atoms with van der Waals surface area (Å²) >= 11 is 0. The summed E-state index contributed by atoms with van der Waals surface area (Å²) in [6.07, 6.45) is 7.55. The summed E-state index contributed by atoms with van der Waals surface area (Å²) in [7, 11) is 1.53. The van der Waals surface area contributed by atoms with Crippen LogP contribution < -0.4 is 0 Å². The third kappa shape index (κ3) is 1.36. The largest absolute Gasteiger partial charge is 0.469 e. The molecule has 3 aliphatic carbocycles. The van der Waals surface area contributed by atoms with Gasteiger partial charge in [-0.05, 0) is 54.8 Å². The highest BCUT2D eigenvalue weighted by Crippen LogP contribution is 2.78. The van der Waals surface area contributed by atoms with E-state index in [1.807, 2.05) is 0 Å². The normalized spacial score (nSPS) is 46.6. The first-order chi connectivity index (χ1) is 8.03. The number of hydrogen-bond acceptors (Lipinski definition) is 2. The monoisotopic (exact) mass is 236 g/mol. The van der Waals surface area contributed by atoms with Crippen molar-refractivity contribution in [3.8, 4) is 0 Å². The molecule has 4 atom stereocenters. The zero-order valence-electron chi connectivity index (χ0n) is 11.3. The molecule has 0 radical (unpaired) electrons. The van der Waals surface area contributed by atoms with Crippen LogP contribution in [0, 0.1) is 28.6 Å². The molecule has 0 N–H and O–H groups in total. The van der Waals surface area contributed by atoms with E-state index in [2.05, 4.69) is 13.8 Å². The molecule has 3 saturated carbocycles. The zero-order chi connectivity index (χ0) is 12.3. The number of esters is 1. The summed E-state index contributed by atoms with van der Waals surface area (Å²) in [4.78, 5) is 11.8. The second-order valence-electron chi connectivity index (χ2n) is 7.03. The van der Waals surface area contributed by atoms with E-state index in [0.717, 1.165) is 24.7 Å². The molecule has 0 aromatic heterocycles. The molecule has 0 aromatic rings. The molecule has 0 heterocycles. The van der Waals surface area contributed by atoms with E-state index in [0.29, 0.717) is 10.8 Å². The standard InChI is InChI=1S/C15H24O2/c1-14(2)8-4-5-11-12-7-6-10(13(16)17-3)9-15(11,12)14/h10-12H,4-9H2,1-3H3. The van der Waals surface area contributed by atoms with Crippen LogP contribution >= 0.6 is 0 Å². The molecule has 0 saturated heterocycles. The minimum atomic E-state index is 0.0323. The second kappa shape index (κ2) is 3.49. The number of methoxy groups -OCH3 is 1. The van der Waals surface area contributed by atoms with Crippen molar-refractivity contribution in [1.29, 1.82) is 0 Å². The summed E-state index contributed by atoms with van der Waals surface area (Å²) in [5.74, 6) is 2.05. The first-order valence-electron chi connectivity index (χ1n) is 7.11. The van der Waals surface area contributed by atoms with E-state index < -0.39 is 0 Å². The quantitative estimate of drug-likeness (QED) is 0.652. The van der Waals surface area contributed by atoms with Crippen molar-refractivity contribution < 1.29 is 9.53 Å². The van der Waals surface area contributed by atoms with E-state index in [4.69, 9.17) is 4.74 Å². The molecule has 3 fully saturated rings. The molecule has 4 unspecified atom stereocenters. The minimum absolute atomic E-state index is 0.0323. The number of hydrogen-bond donors (Lipinski definition) is 0. The molecular weight excluding hydrogens is 212 g/mol. The summed E-state index contributed by atoms with van der Waals surface area (Å²) in [5, 5.41) is 0. The lowest BCUT2D eigenvalue weighted by Crippen LogP contribution is -2.37. The van der Waals surface area contributed by atoms with Gasteiger partial charge in [0.2, 0.25) is 0 Å². The van der Waals surface area contributed by atoms with Crippen LogP contribution in [0.2, 0.25) is 0 Å². The van der Waals surface area contributed by atoms with E-state index >= 15 is 0 Å². The highest BCUT2D eigenvalue weighted by atomic mass is 16.5. The summed E-state index contributed by atoms with van der Waals surface area (Å²) in [5.41, 5.74) is 0.926. The first-order valence-corrected chi connectivity index (χ1v) is 7.11. The average Bonchev–Trinajstić information content (AvgIpc) is 2.98. The van der Waals surface area contributed by atoms with Gasteiger partial charge in [0.05, 0.1) is 13.0 Å². The maximum absolute atomic E-state index is 11.8. The highest BCUT2D eigenvalue weighted by molar-refractivity contribution is 5.72. The molecule has 0 aliphatic heterocycles. The number of carbonyl (C=O) groups excluding carboxylic acids is 1. The maximum Gasteiger partial charge on any atom is 0.308 e. The molecule has 1 spiro atoms. The second-order valence-corrected chi connectivity index (χ2v) is 7.03. The van der Waals surface area contributed by atoms with E-state index in [1.165, 1.54) is 32.8 Å². The first kappa shape index (κ1) is 11.6. The third-order valence-corrected chi connectivity index (χ3v) is 6.22. The molecule has 96 valence electrons. The molecule has 3 aliphatic rings. The fourth-order valence-electron chi connectivity index (χ4n) is 5.36. The van der Waals surface area contributed by atoms with E-state index in [1.54, 1.807) is 0 Å². The van der Waals surface area contributed by atoms with Crippen LogP contribution in [0.15, 0.2) is 0 Å². The fourth-order valence-corrected chi connectivity index (χ4v) is 5.36. The molecule has 0 bridgehead atoms. The van der Waals surface area contributed by atoms with Crippen LogP contribution in [0.25, 0.3) is 0 Å². The molecule has 0 amide bonds. The van der Waals surface area contributed by atoms with Crippen LogP contribution in [0.3, 0.4) is 0 Å². The van der Waals surface area contributed by atoms with Gasteiger partial charge in [0, 0.05) is 0 Å². The van der Waals surface area contributed by atoms with E-state index in [9.17, 15) is 4.79 Å².